The predicted molar refractivity (Wildman–Crippen MR) is 74.6 cm³/mol. The van der Waals surface area contributed by atoms with Crippen molar-refractivity contribution in [3.63, 3.8) is 0 Å². The van der Waals surface area contributed by atoms with Gasteiger partial charge in [0.05, 0.1) is 12.2 Å². The number of aryl methyl sites for hydroxylation is 2. The summed E-state index contributed by atoms with van der Waals surface area (Å²) in [7, 11) is 1.68. The van der Waals surface area contributed by atoms with Gasteiger partial charge in [-0.2, -0.15) is 18.3 Å². The lowest BCUT2D eigenvalue weighted by atomic mass is 10.2. The molecule has 0 unspecified atom stereocenters. The molecule has 2 N–H and O–H groups in total. The van der Waals surface area contributed by atoms with Crippen molar-refractivity contribution in [1.82, 2.24) is 20.3 Å². The van der Waals surface area contributed by atoms with E-state index < -0.39 is 18.0 Å². The molecule has 0 atom stereocenters. The van der Waals surface area contributed by atoms with Crippen LogP contribution in [0.3, 0.4) is 0 Å². The summed E-state index contributed by atoms with van der Waals surface area (Å²) < 4.78 is 42.7. The number of anilines is 1. The largest absolute Gasteiger partial charge is 0.452 e. The lowest BCUT2D eigenvalue weighted by molar-refractivity contribution is -0.155. The number of hydrogen-bond acceptors (Lipinski definition) is 4. The van der Waals surface area contributed by atoms with E-state index in [9.17, 15) is 18.0 Å². The van der Waals surface area contributed by atoms with E-state index in [4.69, 9.17) is 0 Å². The van der Waals surface area contributed by atoms with Gasteiger partial charge >= 0.3 is 12.2 Å². The number of urea groups is 1. The highest BCUT2D eigenvalue weighted by atomic mass is 19.4. The maximum Gasteiger partial charge on any atom is 0.452 e. The zero-order valence-corrected chi connectivity index (χ0v) is 12.6. The fourth-order valence-electron chi connectivity index (χ4n) is 1.88. The van der Waals surface area contributed by atoms with Crippen LogP contribution in [0.4, 0.5) is 23.8 Å². The fraction of sp³-hybridized carbons (Fsp3) is 0.462. The zero-order valence-electron chi connectivity index (χ0n) is 12.6. The van der Waals surface area contributed by atoms with Crippen molar-refractivity contribution < 1.29 is 22.5 Å². The van der Waals surface area contributed by atoms with Gasteiger partial charge in [0, 0.05) is 19.2 Å². The van der Waals surface area contributed by atoms with E-state index in [2.05, 4.69) is 25.4 Å². The highest BCUT2D eigenvalue weighted by Crippen LogP contribution is 2.29. The van der Waals surface area contributed by atoms with Crippen LogP contribution in [-0.2, 0) is 26.2 Å². The molecule has 10 heteroatoms. The Morgan fingerprint density at radius 1 is 1.35 bits per heavy atom. The Kier molecular flexibility index (Phi) is 4.92. The van der Waals surface area contributed by atoms with E-state index in [1.807, 2.05) is 6.92 Å². The number of aromatic nitrogens is 3. The molecule has 2 amide bonds. The molecule has 0 aliphatic heterocycles. The van der Waals surface area contributed by atoms with Crippen molar-refractivity contribution in [2.24, 2.45) is 7.05 Å². The Labute approximate surface area is 129 Å². The van der Waals surface area contributed by atoms with Crippen molar-refractivity contribution in [3.8, 4) is 0 Å². The second-order valence-corrected chi connectivity index (χ2v) is 4.88. The average molecular weight is 331 g/mol. The zero-order chi connectivity index (χ0) is 17.0. The molecule has 2 heterocycles. The summed E-state index contributed by atoms with van der Waals surface area (Å²) in [6.07, 6.45) is -2.88. The van der Waals surface area contributed by atoms with E-state index in [1.54, 1.807) is 13.1 Å². The molecule has 0 saturated carbocycles. The van der Waals surface area contributed by atoms with Crippen molar-refractivity contribution in [1.29, 1.82) is 0 Å². The number of amides is 2. The van der Waals surface area contributed by atoms with Crippen LogP contribution in [0.15, 0.2) is 16.7 Å². The van der Waals surface area contributed by atoms with Crippen LogP contribution in [0.5, 0.6) is 0 Å². The molecule has 0 aliphatic carbocycles. The minimum Gasteiger partial charge on any atom is -0.351 e. The van der Waals surface area contributed by atoms with E-state index >= 15 is 0 Å². The smallest absolute Gasteiger partial charge is 0.351 e. The topological polar surface area (TPSA) is 85.0 Å². The summed E-state index contributed by atoms with van der Waals surface area (Å²) >= 11 is 0. The van der Waals surface area contributed by atoms with Gasteiger partial charge < -0.3 is 9.84 Å². The maximum absolute atomic E-state index is 12.4. The number of nitrogens with one attached hydrogen (secondary N) is 2. The lowest BCUT2D eigenvalue weighted by Crippen LogP contribution is -2.29. The van der Waals surface area contributed by atoms with Gasteiger partial charge in [-0.1, -0.05) is 18.5 Å². The first-order chi connectivity index (χ1) is 10.8. The first-order valence-electron chi connectivity index (χ1n) is 6.90. The Bertz CT molecular complexity index is 677. The van der Waals surface area contributed by atoms with Crippen LogP contribution in [0.1, 0.15) is 30.5 Å². The van der Waals surface area contributed by atoms with Gasteiger partial charge in [0.2, 0.25) is 5.76 Å². The molecular formula is C13H16F3N5O2. The number of halogens is 3. The molecule has 0 saturated heterocycles. The van der Waals surface area contributed by atoms with E-state index in [0.717, 1.165) is 24.6 Å². The number of rotatable bonds is 5. The molecule has 126 valence electrons. The summed E-state index contributed by atoms with van der Waals surface area (Å²) in [5.74, 6) is -0.715. The van der Waals surface area contributed by atoms with Gasteiger partial charge in [-0.15, -0.1) is 0 Å². The molecule has 2 aromatic rings. The number of carbonyl (C=O) groups is 1. The minimum absolute atomic E-state index is 0.0239. The quantitative estimate of drug-likeness (QED) is 0.882. The van der Waals surface area contributed by atoms with Crippen LogP contribution >= 0.6 is 0 Å². The Morgan fingerprint density at radius 2 is 2.09 bits per heavy atom. The van der Waals surface area contributed by atoms with Crippen LogP contribution < -0.4 is 10.6 Å². The van der Waals surface area contributed by atoms with E-state index in [1.165, 1.54) is 4.68 Å². The number of carbonyl (C=O) groups excluding carboxylic acids is 1. The molecule has 2 rings (SSSR count). The first kappa shape index (κ1) is 16.8. The molecule has 0 aliphatic rings. The van der Waals surface area contributed by atoms with Gasteiger partial charge in [-0.3, -0.25) is 10.00 Å². The van der Waals surface area contributed by atoms with Crippen LogP contribution in [-0.4, -0.2) is 21.0 Å². The van der Waals surface area contributed by atoms with Crippen molar-refractivity contribution in [3.05, 3.63) is 29.3 Å². The van der Waals surface area contributed by atoms with Crippen molar-refractivity contribution >= 4 is 11.8 Å². The third kappa shape index (κ3) is 4.47. The summed E-state index contributed by atoms with van der Waals surface area (Å²) in [6, 6.07) is 1.90. The summed E-state index contributed by atoms with van der Waals surface area (Å²) in [5.41, 5.74) is 0.820. The van der Waals surface area contributed by atoms with Gasteiger partial charge in [-0.25, -0.2) is 4.79 Å². The number of alkyl halides is 3. The molecule has 0 aromatic carbocycles. The SMILES string of the molecule is CCCc1cc(NC(=O)NCc2cc(C(F)(F)F)on2)n(C)n1. The second kappa shape index (κ2) is 6.71. The van der Waals surface area contributed by atoms with Crippen molar-refractivity contribution in [2.45, 2.75) is 32.5 Å². The van der Waals surface area contributed by atoms with Crippen LogP contribution in [0.25, 0.3) is 0 Å². The first-order valence-corrected chi connectivity index (χ1v) is 6.90. The standard InChI is InChI=1S/C13H16F3N5O2/c1-3-4-8-6-11(21(2)19-8)18-12(22)17-7-9-5-10(23-20-9)13(14,15)16/h5-6H,3-4,7H2,1-2H3,(H2,17,18,22). The van der Waals surface area contributed by atoms with Crippen LogP contribution in [0.2, 0.25) is 0 Å². The Hall–Kier alpha value is -2.52. The van der Waals surface area contributed by atoms with Gasteiger partial charge in [-0.05, 0) is 6.42 Å². The predicted octanol–water partition coefficient (Wildman–Crippen LogP) is 2.70. The molecule has 0 bridgehead atoms. The Morgan fingerprint density at radius 3 is 2.70 bits per heavy atom. The highest BCUT2D eigenvalue weighted by molar-refractivity contribution is 5.88. The lowest BCUT2D eigenvalue weighted by Gasteiger charge is -2.05. The van der Waals surface area contributed by atoms with E-state index in [0.29, 0.717) is 5.82 Å². The summed E-state index contributed by atoms with van der Waals surface area (Å²) in [4.78, 5) is 11.8. The van der Waals surface area contributed by atoms with Crippen LogP contribution in [0, 0.1) is 0 Å². The third-order valence-corrected chi connectivity index (χ3v) is 2.95. The second-order valence-electron chi connectivity index (χ2n) is 4.88. The molecule has 0 spiro atoms. The molecule has 7 nitrogen and oxygen atoms in total. The monoisotopic (exact) mass is 331 g/mol. The Balaban J connectivity index is 1.89. The molecule has 0 fully saturated rings. The molecule has 23 heavy (non-hydrogen) atoms. The van der Waals surface area contributed by atoms with Gasteiger partial charge in [0.15, 0.2) is 0 Å². The summed E-state index contributed by atoms with van der Waals surface area (Å²) in [5, 5.41) is 12.4. The molecular weight excluding hydrogens is 315 g/mol. The van der Waals surface area contributed by atoms with E-state index in [-0.39, 0.29) is 12.2 Å². The summed E-state index contributed by atoms with van der Waals surface area (Å²) in [6.45, 7) is 1.83. The maximum atomic E-state index is 12.4. The highest BCUT2D eigenvalue weighted by Gasteiger charge is 2.36. The normalized spacial score (nSPS) is 11.5. The fourth-order valence-corrected chi connectivity index (χ4v) is 1.88. The number of hydrogen-bond donors (Lipinski definition) is 2. The average Bonchev–Trinajstić information content (AvgIpc) is 3.04. The minimum atomic E-state index is -4.60. The molecule has 0 radical (unpaired) electrons. The third-order valence-electron chi connectivity index (χ3n) is 2.95. The van der Waals surface area contributed by atoms with Crippen molar-refractivity contribution in [2.75, 3.05) is 5.32 Å². The molecule has 2 aromatic heterocycles. The van der Waals surface area contributed by atoms with Gasteiger partial charge in [0.1, 0.15) is 11.5 Å². The number of nitrogens with zero attached hydrogens (tertiary/aromatic N) is 3. The van der Waals surface area contributed by atoms with Gasteiger partial charge in [0.25, 0.3) is 0 Å².